The Morgan fingerprint density at radius 2 is 2.12 bits per heavy atom. The zero-order chi connectivity index (χ0) is 16.7. The van der Waals surface area contributed by atoms with E-state index in [1.807, 2.05) is 18.9 Å². The Labute approximate surface area is 145 Å². The minimum atomic E-state index is 0.151. The zero-order valence-electron chi connectivity index (χ0n) is 14.0. The Morgan fingerprint density at radius 3 is 2.71 bits per heavy atom. The lowest BCUT2D eigenvalue weighted by molar-refractivity contribution is -0.131. The SMILES string of the molecule is Cc1ncc(CC(=O)N(C)C2CN(c3ccc(C4CC4)nn3)C2)s1. The van der Waals surface area contributed by atoms with Crippen LogP contribution in [0.2, 0.25) is 0 Å². The van der Waals surface area contributed by atoms with Crippen molar-refractivity contribution < 1.29 is 4.79 Å². The van der Waals surface area contributed by atoms with E-state index in [2.05, 4.69) is 32.2 Å². The summed E-state index contributed by atoms with van der Waals surface area (Å²) in [7, 11) is 1.89. The van der Waals surface area contributed by atoms with Crippen molar-refractivity contribution in [3.05, 3.63) is 33.9 Å². The molecule has 1 saturated heterocycles. The maximum atomic E-state index is 12.4. The maximum Gasteiger partial charge on any atom is 0.228 e. The molecule has 1 aliphatic carbocycles. The Balaban J connectivity index is 1.30. The molecule has 1 aliphatic heterocycles. The molecule has 1 saturated carbocycles. The molecule has 1 amide bonds. The van der Waals surface area contributed by atoms with Crippen LogP contribution in [-0.4, -0.2) is 52.2 Å². The molecule has 2 aromatic heterocycles. The number of amides is 1. The first-order chi connectivity index (χ1) is 11.6. The number of hydrogen-bond donors (Lipinski definition) is 0. The predicted octanol–water partition coefficient (Wildman–Crippen LogP) is 2.01. The third-order valence-corrected chi connectivity index (χ3v) is 5.70. The molecule has 126 valence electrons. The summed E-state index contributed by atoms with van der Waals surface area (Å²) in [5.74, 6) is 1.70. The Hall–Kier alpha value is -2.02. The fourth-order valence-corrected chi connectivity index (χ4v) is 3.74. The van der Waals surface area contributed by atoms with Gasteiger partial charge < -0.3 is 9.80 Å². The molecule has 0 bridgehead atoms. The van der Waals surface area contributed by atoms with Crippen LogP contribution >= 0.6 is 11.3 Å². The molecule has 6 nitrogen and oxygen atoms in total. The van der Waals surface area contributed by atoms with Crippen LogP contribution in [0, 0.1) is 6.92 Å². The monoisotopic (exact) mass is 343 g/mol. The number of carbonyl (C=O) groups excluding carboxylic acids is 1. The lowest BCUT2D eigenvalue weighted by Crippen LogP contribution is -2.60. The fourth-order valence-electron chi connectivity index (χ4n) is 2.95. The van der Waals surface area contributed by atoms with E-state index < -0.39 is 0 Å². The minimum Gasteiger partial charge on any atom is -0.351 e. The summed E-state index contributed by atoms with van der Waals surface area (Å²) >= 11 is 1.59. The highest BCUT2D eigenvalue weighted by atomic mass is 32.1. The Bertz CT molecular complexity index is 734. The van der Waals surface area contributed by atoms with E-state index in [4.69, 9.17) is 0 Å². The number of rotatable bonds is 5. The number of aromatic nitrogens is 3. The highest BCUT2D eigenvalue weighted by Gasteiger charge is 2.34. The van der Waals surface area contributed by atoms with Gasteiger partial charge in [0.25, 0.3) is 0 Å². The second-order valence-corrected chi connectivity index (χ2v) is 8.00. The van der Waals surface area contributed by atoms with Crippen LogP contribution in [0.15, 0.2) is 18.3 Å². The zero-order valence-corrected chi connectivity index (χ0v) is 14.8. The first-order valence-electron chi connectivity index (χ1n) is 8.35. The number of likely N-dealkylation sites (N-methyl/N-ethyl adjacent to an activating group) is 1. The second-order valence-electron chi connectivity index (χ2n) is 6.68. The minimum absolute atomic E-state index is 0.151. The predicted molar refractivity (Wildman–Crippen MR) is 93.3 cm³/mol. The first kappa shape index (κ1) is 15.5. The summed E-state index contributed by atoms with van der Waals surface area (Å²) in [5.41, 5.74) is 1.11. The first-order valence-corrected chi connectivity index (χ1v) is 9.17. The Morgan fingerprint density at radius 1 is 1.33 bits per heavy atom. The molecule has 24 heavy (non-hydrogen) atoms. The molecule has 0 N–H and O–H groups in total. The van der Waals surface area contributed by atoms with Crippen LogP contribution < -0.4 is 4.90 Å². The van der Waals surface area contributed by atoms with Crippen molar-refractivity contribution in [1.82, 2.24) is 20.1 Å². The molecule has 0 atom stereocenters. The van der Waals surface area contributed by atoms with E-state index in [-0.39, 0.29) is 11.9 Å². The van der Waals surface area contributed by atoms with Gasteiger partial charge in [0.15, 0.2) is 5.82 Å². The highest BCUT2D eigenvalue weighted by molar-refractivity contribution is 7.11. The van der Waals surface area contributed by atoms with Crippen molar-refractivity contribution in [2.45, 2.75) is 38.1 Å². The van der Waals surface area contributed by atoms with Gasteiger partial charge in [0, 0.05) is 37.1 Å². The molecule has 7 heteroatoms. The van der Waals surface area contributed by atoms with Gasteiger partial charge in [-0.05, 0) is 31.9 Å². The molecule has 0 spiro atoms. The van der Waals surface area contributed by atoms with Crippen LogP contribution in [-0.2, 0) is 11.2 Å². The van der Waals surface area contributed by atoms with Gasteiger partial charge in [-0.1, -0.05) is 0 Å². The van der Waals surface area contributed by atoms with E-state index in [0.29, 0.717) is 12.3 Å². The highest BCUT2D eigenvalue weighted by Crippen LogP contribution is 2.38. The van der Waals surface area contributed by atoms with Crippen molar-refractivity contribution in [2.24, 2.45) is 0 Å². The molecule has 2 fully saturated rings. The van der Waals surface area contributed by atoms with Crippen molar-refractivity contribution >= 4 is 23.1 Å². The summed E-state index contributed by atoms with van der Waals surface area (Å²) in [6.45, 7) is 3.60. The summed E-state index contributed by atoms with van der Waals surface area (Å²) in [5, 5.41) is 9.67. The van der Waals surface area contributed by atoms with Gasteiger partial charge in [0.05, 0.1) is 23.2 Å². The lowest BCUT2D eigenvalue weighted by atomic mass is 10.1. The number of thiazole rings is 1. The van der Waals surface area contributed by atoms with Crippen LogP contribution in [0.1, 0.15) is 34.3 Å². The fraction of sp³-hybridized carbons (Fsp3) is 0.529. The number of aryl methyl sites for hydroxylation is 1. The standard InChI is InChI=1S/C17H21N5OS/c1-11-18-8-14(24-11)7-17(23)21(2)13-9-22(10-13)16-6-5-15(19-20-16)12-3-4-12/h5-6,8,12-13H,3-4,7,9-10H2,1-2H3. The third-order valence-electron chi connectivity index (χ3n) is 4.79. The van der Waals surface area contributed by atoms with Gasteiger partial charge in [-0.3, -0.25) is 4.79 Å². The smallest absolute Gasteiger partial charge is 0.228 e. The number of hydrogen-bond acceptors (Lipinski definition) is 6. The van der Waals surface area contributed by atoms with E-state index >= 15 is 0 Å². The molecule has 0 aromatic carbocycles. The largest absolute Gasteiger partial charge is 0.351 e. The van der Waals surface area contributed by atoms with Gasteiger partial charge in [-0.15, -0.1) is 16.4 Å². The molecule has 4 rings (SSSR count). The quantitative estimate of drug-likeness (QED) is 0.831. The average Bonchev–Trinajstić information content (AvgIpc) is 3.30. The lowest BCUT2D eigenvalue weighted by Gasteiger charge is -2.44. The number of nitrogens with zero attached hydrogens (tertiary/aromatic N) is 5. The molecular weight excluding hydrogens is 322 g/mol. The van der Waals surface area contributed by atoms with Crippen LogP contribution in [0.25, 0.3) is 0 Å². The summed E-state index contributed by atoms with van der Waals surface area (Å²) in [6.07, 6.45) is 4.72. The molecular formula is C17H21N5OS. The third kappa shape index (κ3) is 3.13. The topological polar surface area (TPSA) is 62.2 Å². The van der Waals surface area contributed by atoms with Gasteiger partial charge in [-0.25, -0.2) is 4.98 Å². The summed E-state index contributed by atoms with van der Waals surface area (Å²) in [6, 6.07) is 4.39. The van der Waals surface area contributed by atoms with Crippen LogP contribution in [0.4, 0.5) is 5.82 Å². The Kier molecular flexibility index (Phi) is 3.96. The molecule has 0 unspecified atom stereocenters. The number of carbonyl (C=O) groups is 1. The second kappa shape index (κ2) is 6.12. The van der Waals surface area contributed by atoms with Gasteiger partial charge >= 0.3 is 0 Å². The van der Waals surface area contributed by atoms with Crippen molar-refractivity contribution in [1.29, 1.82) is 0 Å². The number of anilines is 1. The van der Waals surface area contributed by atoms with Crippen molar-refractivity contribution in [3.63, 3.8) is 0 Å². The van der Waals surface area contributed by atoms with Gasteiger partial charge in [0.1, 0.15) is 0 Å². The summed E-state index contributed by atoms with van der Waals surface area (Å²) in [4.78, 5) is 21.7. The average molecular weight is 343 g/mol. The molecule has 0 radical (unpaired) electrons. The van der Waals surface area contributed by atoms with Crippen molar-refractivity contribution in [3.8, 4) is 0 Å². The van der Waals surface area contributed by atoms with Crippen LogP contribution in [0.3, 0.4) is 0 Å². The molecule has 2 aliphatic rings. The molecule has 3 heterocycles. The van der Waals surface area contributed by atoms with Crippen molar-refractivity contribution in [2.75, 3.05) is 25.0 Å². The van der Waals surface area contributed by atoms with E-state index in [1.165, 1.54) is 12.8 Å². The van der Waals surface area contributed by atoms with Gasteiger partial charge in [0.2, 0.25) is 5.91 Å². The summed E-state index contributed by atoms with van der Waals surface area (Å²) < 4.78 is 0. The maximum absolute atomic E-state index is 12.4. The van der Waals surface area contributed by atoms with Crippen LogP contribution in [0.5, 0.6) is 0 Å². The molecule has 2 aromatic rings. The van der Waals surface area contributed by atoms with Gasteiger partial charge in [-0.2, -0.15) is 5.10 Å². The van der Waals surface area contributed by atoms with E-state index in [9.17, 15) is 4.79 Å². The van der Waals surface area contributed by atoms with E-state index in [0.717, 1.165) is 34.5 Å². The van der Waals surface area contributed by atoms with E-state index in [1.54, 1.807) is 17.5 Å². The normalized spacial score (nSPS) is 17.7.